The number of anilines is 1. The van der Waals surface area contributed by atoms with E-state index in [9.17, 15) is 23.6 Å². The predicted molar refractivity (Wildman–Crippen MR) is 140 cm³/mol. The zero-order chi connectivity index (χ0) is 28.6. The third-order valence-electron chi connectivity index (χ3n) is 6.60. The molecule has 0 spiro atoms. The van der Waals surface area contributed by atoms with Gasteiger partial charge in [-0.2, -0.15) is 5.10 Å². The first-order valence-corrected chi connectivity index (χ1v) is 12.3. The van der Waals surface area contributed by atoms with E-state index in [2.05, 4.69) is 25.4 Å². The first-order chi connectivity index (χ1) is 19.1. The Kier molecular flexibility index (Phi) is 7.03. The molecule has 4 heterocycles. The molecule has 40 heavy (non-hydrogen) atoms. The molecule has 1 fully saturated rings. The maximum Gasteiger partial charge on any atom is 0.354 e. The monoisotopic (exact) mass is 545 g/mol. The quantitative estimate of drug-likeness (QED) is 0.333. The van der Waals surface area contributed by atoms with Gasteiger partial charge in [-0.05, 0) is 36.8 Å². The number of hydrogen-bond donors (Lipinski definition) is 2. The number of aryl methyl sites for hydroxylation is 1. The standard InChI is InChI=1S/C27H24FN7O5/c1-14(36)25-20-7-16(17-10-30-15(2)31-11-17)3-4-22(20)35(33-25)13-24(37)34-12-18(28)8-23(34)26(38)32-19-5-6-29-21(9-19)27(39)40/h3-7,9-11,18,23H,8,12-13H2,1-2H3,(H,39,40)(H,29,32,38)/t18-,23+/m1/s1. The molecule has 1 saturated heterocycles. The van der Waals surface area contributed by atoms with E-state index in [1.165, 1.54) is 29.9 Å². The Balaban J connectivity index is 1.39. The summed E-state index contributed by atoms with van der Waals surface area (Å²) in [5.41, 5.74) is 2.08. The lowest BCUT2D eigenvalue weighted by molar-refractivity contribution is -0.137. The van der Waals surface area contributed by atoms with Gasteiger partial charge in [-0.15, -0.1) is 0 Å². The highest BCUT2D eigenvalue weighted by molar-refractivity contribution is 6.06. The number of ketones is 1. The summed E-state index contributed by atoms with van der Waals surface area (Å²) in [6.07, 6.45) is 2.93. The van der Waals surface area contributed by atoms with Crippen LogP contribution in [0.5, 0.6) is 0 Å². The number of aromatic nitrogens is 5. The summed E-state index contributed by atoms with van der Waals surface area (Å²) in [4.78, 5) is 63.2. The summed E-state index contributed by atoms with van der Waals surface area (Å²) in [7, 11) is 0. The number of aromatic carboxylic acids is 1. The maximum atomic E-state index is 14.4. The van der Waals surface area contributed by atoms with Gasteiger partial charge in [0.25, 0.3) is 0 Å². The normalized spacial score (nSPS) is 16.7. The van der Waals surface area contributed by atoms with Crippen molar-refractivity contribution in [2.24, 2.45) is 0 Å². The highest BCUT2D eigenvalue weighted by Gasteiger charge is 2.40. The molecular weight excluding hydrogens is 521 g/mol. The SMILES string of the molecule is CC(=O)c1nn(CC(=O)N2C[C@H](F)C[C@H]2C(=O)Nc2ccnc(C(=O)O)c2)c2ccc(-c3cnc(C)nc3)cc12. The molecular formula is C27H24FN7O5. The van der Waals surface area contributed by atoms with Crippen LogP contribution in [0.15, 0.2) is 48.9 Å². The van der Waals surface area contributed by atoms with E-state index in [1.807, 2.05) is 0 Å². The minimum absolute atomic E-state index is 0.158. The van der Waals surface area contributed by atoms with Crippen molar-refractivity contribution in [3.63, 3.8) is 0 Å². The Morgan fingerprint density at radius 1 is 1.07 bits per heavy atom. The van der Waals surface area contributed by atoms with E-state index in [4.69, 9.17) is 5.11 Å². The number of amides is 2. The van der Waals surface area contributed by atoms with Gasteiger partial charge in [-0.25, -0.2) is 24.1 Å². The van der Waals surface area contributed by atoms with Crippen LogP contribution in [0.2, 0.25) is 0 Å². The Morgan fingerprint density at radius 3 is 2.52 bits per heavy atom. The van der Waals surface area contributed by atoms with Gasteiger partial charge in [0.15, 0.2) is 5.78 Å². The van der Waals surface area contributed by atoms with Crippen molar-refractivity contribution in [3.8, 4) is 11.1 Å². The van der Waals surface area contributed by atoms with E-state index in [0.717, 1.165) is 16.0 Å². The van der Waals surface area contributed by atoms with Gasteiger partial charge in [0.2, 0.25) is 11.8 Å². The minimum Gasteiger partial charge on any atom is -0.477 e. The molecule has 0 unspecified atom stereocenters. The lowest BCUT2D eigenvalue weighted by Crippen LogP contribution is -2.44. The number of Topliss-reactive ketones (excluding diaryl/α,β-unsaturated/α-hetero) is 1. The molecule has 1 aromatic carbocycles. The summed E-state index contributed by atoms with van der Waals surface area (Å²) in [6.45, 7) is 2.53. The number of rotatable bonds is 7. The average molecular weight is 546 g/mol. The second kappa shape index (κ2) is 10.6. The molecule has 0 radical (unpaired) electrons. The number of benzene rings is 1. The van der Waals surface area contributed by atoms with Gasteiger partial charge in [0.1, 0.15) is 36.0 Å². The lowest BCUT2D eigenvalue weighted by Gasteiger charge is -2.23. The van der Waals surface area contributed by atoms with Crippen molar-refractivity contribution < 1.29 is 28.7 Å². The van der Waals surface area contributed by atoms with E-state index in [1.54, 1.807) is 37.5 Å². The first-order valence-electron chi connectivity index (χ1n) is 12.3. The number of alkyl halides is 1. The number of halogens is 1. The van der Waals surface area contributed by atoms with E-state index in [0.29, 0.717) is 16.7 Å². The molecule has 0 saturated carbocycles. The van der Waals surface area contributed by atoms with Crippen LogP contribution in [0.25, 0.3) is 22.0 Å². The Morgan fingerprint density at radius 2 is 1.82 bits per heavy atom. The van der Waals surface area contributed by atoms with E-state index >= 15 is 0 Å². The third kappa shape index (κ3) is 5.25. The van der Waals surface area contributed by atoms with Crippen molar-refractivity contribution in [2.45, 2.75) is 39.0 Å². The molecule has 2 N–H and O–H groups in total. The molecule has 2 amide bonds. The molecule has 4 aromatic rings. The van der Waals surface area contributed by atoms with Crippen LogP contribution in [0.1, 0.15) is 40.1 Å². The maximum absolute atomic E-state index is 14.4. The summed E-state index contributed by atoms with van der Waals surface area (Å²) < 4.78 is 15.8. The van der Waals surface area contributed by atoms with Crippen molar-refractivity contribution >= 4 is 40.2 Å². The predicted octanol–water partition coefficient (Wildman–Crippen LogP) is 2.68. The summed E-state index contributed by atoms with van der Waals surface area (Å²) >= 11 is 0. The van der Waals surface area contributed by atoms with Crippen LogP contribution in [0.3, 0.4) is 0 Å². The summed E-state index contributed by atoms with van der Waals surface area (Å²) in [6, 6.07) is 6.75. The van der Waals surface area contributed by atoms with Gasteiger partial charge >= 0.3 is 5.97 Å². The Labute approximate surface area is 226 Å². The zero-order valence-electron chi connectivity index (χ0n) is 21.5. The molecule has 2 atom stereocenters. The van der Waals surface area contributed by atoms with Gasteiger partial charge < -0.3 is 15.3 Å². The molecule has 0 aliphatic carbocycles. The smallest absolute Gasteiger partial charge is 0.354 e. The van der Waals surface area contributed by atoms with Crippen LogP contribution >= 0.6 is 0 Å². The van der Waals surface area contributed by atoms with Crippen LogP contribution in [-0.2, 0) is 16.1 Å². The summed E-state index contributed by atoms with van der Waals surface area (Å²) in [5.74, 6) is -2.16. The molecule has 3 aromatic heterocycles. The van der Waals surface area contributed by atoms with Crippen LogP contribution < -0.4 is 5.32 Å². The van der Waals surface area contributed by atoms with Crippen molar-refractivity contribution in [1.82, 2.24) is 29.6 Å². The number of fused-ring (bicyclic) bond motifs is 1. The second-order valence-corrected chi connectivity index (χ2v) is 9.43. The number of carbonyl (C=O) groups is 4. The number of nitrogens with zero attached hydrogens (tertiary/aromatic N) is 6. The molecule has 204 valence electrons. The second-order valence-electron chi connectivity index (χ2n) is 9.43. The molecule has 1 aliphatic heterocycles. The number of nitrogens with one attached hydrogen (secondary N) is 1. The number of carboxylic acid groups (broad SMARTS) is 1. The minimum atomic E-state index is -1.42. The Bertz CT molecular complexity index is 1650. The average Bonchev–Trinajstić information content (AvgIpc) is 3.50. The molecule has 0 bridgehead atoms. The molecule has 5 rings (SSSR count). The lowest BCUT2D eigenvalue weighted by atomic mass is 10.0. The van der Waals surface area contributed by atoms with E-state index < -0.39 is 30.0 Å². The first kappa shape index (κ1) is 26.5. The highest BCUT2D eigenvalue weighted by Crippen LogP contribution is 2.28. The number of carboxylic acids is 1. The molecule has 1 aliphatic rings. The van der Waals surface area contributed by atoms with Gasteiger partial charge in [-0.3, -0.25) is 19.1 Å². The number of carbonyl (C=O) groups excluding carboxylic acids is 3. The Hall–Kier alpha value is -5.07. The van der Waals surface area contributed by atoms with E-state index in [-0.39, 0.29) is 42.4 Å². The molecule has 13 heteroatoms. The van der Waals surface area contributed by atoms with Crippen molar-refractivity contribution in [2.75, 3.05) is 11.9 Å². The number of likely N-dealkylation sites (tertiary alicyclic amines) is 1. The largest absolute Gasteiger partial charge is 0.477 e. The number of hydrogen-bond acceptors (Lipinski definition) is 8. The highest BCUT2D eigenvalue weighted by atomic mass is 19.1. The number of pyridine rings is 1. The summed E-state index contributed by atoms with van der Waals surface area (Å²) in [5, 5.41) is 16.6. The van der Waals surface area contributed by atoms with Crippen LogP contribution in [0, 0.1) is 6.92 Å². The van der Waals surface area contributed by atoms with Crippen molar-refractivity contribution in [1.29, 1.82) is 0 Å². The third-order valence-corrected chi connectivity index (χ3v) is 6.60. The molecule has 12 nitrogen and oxygen atoms in total. The van der Waals surface area contributed by atoms with Crippen LogP contribution in [0.4, 0.5) is 10.1 Å². The van der Waals surface area contributed by atoms with Gasteiger partial charge in [0, 0.05) is 48.6 Å². The van der Waals surface area contributed by atoms with Crippen LogP contribution in [-0.4, -0.2) is 77.1 Å². The topological polar surface area (TPSA) is 160 Å². The zero-order valence-corrected chi connectivity index (χ0v) is 21.5. The fourth-order valence-electron chi connectivity index (χ4n) is 4.66. The van der Waals surface area contributed by atoms with Gasteiger partial charge in [0.05, 0.1) is 12.1 Å². The van der Waals surface area contributed by atoms with Crippen molar-refractivity contribution in [3.05, 3.63) is 66.1 Å². The fraction of sp³-hybridized carbons (Fsp3) is 0.259. The fourth-order valence-corrected chi connectivity index (χ4v) is 4.66. The van der Waals surface area contributed by atoms with Gasteiger partial charge in [-0.1, -0.05) is 6.07 Å².